The summed E-state index contributed by atoms with van der Waals surface area (Å²) in [5.74, 6) is 0.402. The average molecular weight is 295 g/mol. The Morgan fingerprint density at radius 1 is 1.33 bits per heavy atom. The number of hydrogen-bond donors (Lipinski definition) is 1. The molecule has 0 saturated carbocycles. The lowest BCUT2D eigenvalue weighted by atomic mass is 10.1. The van der Waals surface area contributed by atoms with Gasteiger partial charge in [0.1, 0.15) is 18.5 Å². The van der Waals surface area contributed by atoms with Gasteiger partial charge in [-0.1, -0.05) is 12.1 Å². The maximum atomic E-state index is 12.5. The lowest BCUT2D eigenvalue weighted by Crippen LogP contribution is -2.40. The molecule has 1 aromatic rings. The van der Waals surface area contributed by atoms with Gasteiger partial charge in [0.05, 0.1) is 25.4 Å². The van der Waals surface area contributed by atoms with Crippen LogP contribution in [0.4, 0.5) is 0 Å². The highest BCUT2D eigenvalue weighted by atomic mass is 16.5. The van der Waals surface area contributed by atoms with Crippen molar-refractivity contribution in [1.29, 1.82) is 0 Å². The number of hydrogen-bond acceptors (Lipinski definition) is 5. The highest BCUT2D eigenvalue weighted by Crippen LogP contribution is 2.20. The number of methoxy groups -OCH3 is 1. The van der Waals surface area contributed by atoms with E-state index in [2.05, 4.69) is 0 Å². The van der Waals surface area contributed by atoms with E-state index in [4.69, 9.17) is 14.2 Å². The molecule has 1 aliphatic heterocycles. The number of amides is 1. The van der Waals surface area contributed by atoms with Crippen LogP contribution in [0.3, 0.4) is 0 Å². The van der Waals surface area contributed by atoms with E-state index >= 15 is 0 Å². The van der Waals surface area contributed by atoms with Crippen molar-refractivity contribution in [2.24, 2.45) is 0 Å². The molecule has 1 atom stereocenters. The van der Waals surface area contributed by atoms with Crippen molar-refractivity contribution in [2.45, 2.75) is 6.10 Å². The molecule has 0 unspecified atom stereocenters. The number of nitrogens with zero attached hydrogens (tertiary/aromatic N) is 1. The van der Waals surface area contributed by atoms with Crippen LogP contribution in [-0.2, 0) is 9.47 Å². The fourth-order valence-electron chi connectivity index (χ4n) is 2.13. The third-order valence-electron chi connectivity index (χ3n) is 3.21. The Hall–Kier alpha value is -1.63. The molecule has 1 saturated heterocycles. The standard InChI is InChI=1S/C15H21NO5/c1-19-10-12(17)11-21-14-5-3-2-4-13(14)15(18)16-6-8-20-9-7-16/h2-5,12,17H,6-11H2,1H3/t12-/m0/s1. The van der Waals surface area contributed by atoms with Gasteiger partial charge in [0.2, 0.25) is 0 Å². The summed E-state index contributed by atoms with van der Waals surface area (Å²) >= 11 is 0. The minimum Gasteiger partial charge on any atom is -0.490 e. The Morgan fingerprint density at radius 3 is 2.76 bits per heavy atom. The van der Waals surface area contributed by atoms with E-state index in [0.29, 0.717) is 37.6 Å². The Balaban J connectivity index is 2.03. The van der Waals surface area contributed by atoms with Crippen LogP contribution in [0.5, 0.6) is 5.75 Å². The number of ether oxygens (including phenoxy) is 3. The summed E-state index contributed by atoms with van der Waals surface area (Å²) in [7, 11) is 1.51. The Bertz CT molecular complexity index is 459. The third-order valence-corrected chi connectivity index (χ3v) is 3.21. The Morgan fingerprint density at radius 2 is 2.05 bits per heavy atom. The van der Waals surface area contributed by atoms with E-state index in [-0.39, 0.29) is 19.1 Å². The van der Waals surface area contributed by atoms with E-state index in [1.165, 1.54) is 7.11 Å². The zero-order valence-corrected chi connectivity index (χ0v) is 12.2. The van der Waals surface area contributed by atoms with Gasteiger partial charge in [-0.15, -0.1) is 0 Å². The largest absolute Gasteiger partial charge is 0.490 e. The van der Waals surface area contributed by atoms with Crippen LogP contribution in [0, 0.1) is 0 Å². The van der Waals surface area contributed by atoms with Crippen molar-refractivity contribution < 1.29 is 24.1 Å². The molecule has 0 aromatic heterocycles. The predicted molar refractivity (Wildman–Crippen MR) is 76.5 cm³/mol. The SMILES string of the molecule is COC[C@H](O)COc1ccccc1C(=O)N1CCOCC1. The van der Waals surface area contributed by atoms with Crippen LogP contribution in [0.15, 0.2) is 24.3 Å². The molecule has 1 aliphatic rings. The van der Waals surface area contributed by atoms with E-state index in [1.807, 2.05) is 0 Å². The van der Waals surface area contributed by atoms with Gasteiger partial charge in [-0.25, -0.2) is 0 Å². The fourth-order valence-corrected chi connectivity index (χ4v) is 2.13. The smallest absolute Gasteiger partial charge is 0.257 e. The molecule has 0 aliphatic carbocycles. The van der Waals surface area contributed by atoms with Crippen LogP contribution < -0.4 is 4.74 Å². The highest BCUT2D eigenvalue weighted by Gasteiger charge is 2.21. The molecule has 1 heterocycles. The number of para-hydroxylation sites is 1. The van der Waals surface area contributed by atoms with Crippen LogP contribution in [0.1, 0.15) is 10.4 Å². The monoisotopic (exact) mass is 295 g/mol. The van der Waals surface area contributed by atoms with E-state index < -0.39 is 6.10 Å². The summed E-state index contributed by atoms with van der Waals surface area (Å²) in [5, 5.41) is 9.63. The summed E-state index contributed by atoms with van der Waals surface area (Å²) in [6, 6.07) is 7.06. The summed E-state index contributed by atoms with van der Waals surface area (Å²) < 4.78 is 15.7. The van der Waals surface area contributed by atoms with Crippen molar-refractivity contribution >= 4 is 5.91 Å². The molecule has 0 bridgehead atoms. The third kappa shape index (κ3) is 4.42. The van der Waals surface area contributed by atoms with Crippen molar-refractivity contribution in [3.05, 3.63) is 29.8 Å². The fraction of sp³-hybridized carbons (Fsp3) is 0.533. The molecule has 6 nitrogen and oxygen atoms in total. The number of rotatable bonds is 6. The number of morpholine rings is 1. The normalized spacial score (nSPS) is 16.6. The van der Waals surface area contributed by atoms with Gasteiger partial charge in [-0.3, -0.25) is 4.79 Å². The van der Waals surface area contributed by atoms with Crippen molar-refractivity contribution in [1.82, 2.24) is 4.90 Å². The number of benzene rings is 1. The molecular weight excluding hydrogens is 274 g/mol. The first-order valence-corrected chi connectivity index (χ1v) is 6.98. The second kappa shape index (κ2) is 7.97. The van der Waals surface area contributed by atoms with Crippen LogP contribution in [0.25, 0.3) is 0 Å². The molecule has 1 amide bonds. The van der Waals surface area contributed by atoms with Gasteiger partial charge in [0.15, 0.2) is 0 Å². The van der Waals surface area contributed by atoms with Gasteiger partial charge in [0, 0.05) is 20.2 Å². The van der Waals surface area contributed by atoms with Crippen LogP contribution in [-0.4, -0.2) is 68.6 Å². The molecule has 21 heavy (non-hydrogen) atoms. The van der Waals surface area contributed by atoms with E-state index in [1.54, 1.807) is 29.2 Å². The Labute approximate surface area is 124 Å². The van der Waals surface area contributed by atoms with Gasteiger partial charge >= 0.3 is 0 Å². The summed E-state index contributed by atoms with van der Waals surface area (Å²) in [6.45, 7) is 2.56. The first-order valence-electron chi connectivity index (χ1n) is 6.98. The zero-order chi connectivity index (χ0) is 15.1. The minimum atomic E-state index is -0.721. The molecular formula is C15H21NO5. The maximum Gasteiger partial charge on any atom is 0.257 e. The van der Waals surface area contributed by atoms with Gasteiger partial charge < -0.3 is 24.2 Å². The molecule has 6 heteroatoms. The lowest BCUT2D eigenvalue weighted by molar-refractivity contribution is 0.0273. The molecule has 116 valence electrons. The second-order valence-corrected chi connectivity index (χ2v) is 4.82. The molecule has 2 rings (SSSR count). The van der Waals surface area contributed by atoms with E-state index in [0.717, 1.165) is 0 Å². The summed E-state index contributed by atoms with van der Waals surface area (Å²) in [5.41, 5.74) is 0.504. The van der Waals surface area contributed by atoms with Gasteiger partial charge in [-0.2, -0.15) is 0 Å². The minimum absolute atomic E-state index is 0.0740. The highest BCUT2D eigenvalue weighted by molar-refractivity contribution is 5.97. The van der Waals surface area contributed by atoms with Crippen molar-refractivity contribution in [3.8, 4) is 5.75 Å². The zero-order valence-electron chi connectivity index (χ0n) is 12.2. The molecule has 1 N–H and O–H groups in total. The van der Waals surface area contributed by atoms with Gasteiger partial charge in [-0.05, 0) is 12.1 Å². The second-order valence-electron chi connectivity index (χ2n) is 4.82. The van der Waals surface area contributed by atoms with Crippen molar-refractivity contribution in [2.75, 3.05) is 46.6 Å². The lowest BCUT2D eigenvalue weighted by Gasteiger charge is -2.27. The first kappa shape index (κ1) is 15.8. The molecule has 1 fully saturated rings. The number of aliphatic hydroxyl groups is 1. The summed E-state index contributed by atoms with van der Waals surface area (Å²) in [4.78, 5) is 14.2. The molecule has 0 spiro atoms. The predicted octanol–water partition coefficient (Wildman–Crippen LogP) is 0.545. The number of carbonyl (C=O) groups excluding carboxylic acids is 1. The van der Waals surface area contributed by atoms with Gasteiger partial charge in [0.25, 0.3) is 5.91 Å². The summed E-state index contributed by atoms with van der Waals surface area (Å²) in [6.07, 6.45) is -0.721. The Kier molecular flexibility index (Phi) is 5.98. The van der Waals surface area contributed by atoms with E-state index in [9.17, 15) is 9.90 Å². The number of carbonyl (C=O) groups is 1. The van der Waals surface area contributed by atoms with Crippen molar-refractivity contribution in [3.63, 3.8) is 0 Å². The molecule has 1 aromatic carbocycles. The van der Waals surface area contributed by atoms with Crippen LogP contribution >= 0.6 is 0 Å². The topological polar surface area (TPSA) is 68.2 Å². The molecule has 0 radical (unpaired) electrons. The maximum absolute atomic E-state index is 12.5. The first-order chi connectivity index (χ1) is 10.2. The quantitative estimate of drug-likeness (QED) is 0.830. The van der Waals surface area contributed by atoms with Crippen LogP contribution in [0.2, 0.25) is 0 Å². The average Bonchev–Trinajstić information content (AvgIpc) is 2.54. The number of aliphatic hydroxyl groups excluding tert-OH is 1.